The zero-order valence-corrected chi connectivity index (χ0v) is 12.1. The summed E-state index contributed by atoms with van der Waals surface area (Å²) in [4.78, 5) is 0. The summed E-state index contributed by atoms with van der Waals surface area (Å²) in [5.41, 5.74) is 3.58. The van der Waals surface area contributed by atoms with E-state index in [0.717, 1.165) is 22.5 Å². The van der Waals surface area contributed by atoms with Gasteiger partial charge < -0.3 is 10.1 Å². The summed E-state index contributed by atoms with van der Waals surface area (Å²) in [7, 11) is 1.68. The van der Waals surface area contributed by atoms with Crippen LogP contribution in [-0.4, -0.2) is 7.11 Å². The molecule has 0 heterocycles. The van der Waals surface area contributed by atoms with Crippen LogP contribution in [0.2, 0.25) is 0 Å². The number of ether oxygens (including phenoxy) is 1. The van der Waals surface area contributed by atoms with E-state index in [1.54, 1.807) is 7.11 Å². The highest BCUT2D eigenvalue weighted by Crippen LogP contribution is 2.21. The molecular formula is C15H16BrNO. The predicted octanol–water partition coefficient (Wildman–Crippen LogP) is 4.38. The Morgan fingerprint density at radius 2 is 1.83 bits per heavy atom. The lowest BCUT2D eigenvalue weighted by Gasteiger charge is -2.08. The monoisotopic (exact) mass is 305 g/mol. The summed E-state index contributed by atoms with van der Waals surface area (Å²) < 4.78 is 6.26. The largest absolute Gasteiger partial charge is 0.497 e. The van der Waals surface area contributed by atoms with E-state index in [4.69, 9.17) is 4.74 Å². The summed E-state index contributed by atoms with van der Waals surface area (Å²) in [6.45, 7) is 2.89. The maximum atomic E-state index is 5.13. The SMILES string of the molecule is COc1ccc(CNc2ccc(C)c(Br)c2)cc1. The van der Waals surface area contributed by atoms with E-state index in [0.29, 0.717) is 0 Å². The van der Waals surface area contributed by atoms with E-state index in [-0.39, 0.29) is 0 Å². The molecule has 0 aliphatic rings. The lowest BCUT2D eigenvalue weighted by atomic mass is 10.2. The van der Waals surface area contributed by atoms with Crippen molar-refractivity contribution in [1.82, 2.24) is 0 Å². The highest BCUT2D eigenvalue weighted by Gasteiger charge is 1.98. The number of hydrogen-bond donors (Lipinski definition) is 1. The molecule has 0 saturated carbocycles. The van der Waals surface area contributed by atoms with Crippen molar-refractivity contribution in [3.63, 3.8) is 0 Å². The van der Waals surface area contributed by atoms with Gasteiger partial charge in [-0.1, -0.05) is 34.1 Å². The molecule has 2 nitrogen and oxygen atoms in total. The molecule has 0 aliphatic carbocycles. The summed E-state index contributed by atoms with van der Waals surface area (Å²) in [5.74, 6) is 0.886. The van der Waals surface area contributed by atoms with Crippen LogP contribution in [0.15, 0.2) is 46.9 Å². The number of aryl methyl sites for hydroxylation is 1. The van der Waals surface area contributed by atoms with Crippen LogP contribution in [0.3, 0.4) is 0 Å². The van der Waals surface area contributed by atoms with E-state index < -0.39 is 0 Å². The number of hydrogen-bond acceptors (Lipinski definition) is 2. The molecule has 0 unspecified atom stereocenters. The van der Waals surface area contributed by atoms with Gasteiger partial charge in [-0.15, -0.1) is 0 Å². The minimum absolute atomic E-state index is 0.805. The highest BCUT2D eigenvalue weighted by atomic mass is 79.9. The quantitative estimate of drug-likeness (QED) is 0.905. The van der Waals surface area contributed by atoms with Crippen LogP contribution in [0.25, 0.3) is 0 Å². The second-order valence-corrected chi connectivity index (χ2v) is 5.02. The molecule has 0 aromatic heterocycles. The first-order valence-electron chi connectivity index (χ1n) is 5.82. The first-order valence-corrected chi connectivity index (χ1v) is 6.61. The van der Waals surface area contributed by atoms with Crippen LogP contribution in [0.5, 0.6) is 5.75 Å². The molecule has 0 atom stereocenters. The van der Waals surface area contributed by atoms with Gasteiger partial charge in [0.2, 0.25) is 0 Å². The number of methoxy groups -OCH3 is 1. The molecule has 0 spiro atoms. The van der Waals surface area contributed by atoms with Crippen molar-refractivity contribution < 1.29 is 4.74 Å². The molecule has 94 valence electrons. The lowest BCUT2D eigenvalue weighted by molar-refractivity contribution is 0.414. The topological polar surface area (TPSA) is 21.3 Å². The fraction of sp³-hybridized carbons (Fsp3) is 0.200. The van der Waals surface area contributed by atoms with Crippen LogP contribution in [0, 0.1) is 6.92 Å². The zero-order chi connectivity index (χ0) is 13.0. The van der Waals surface area contributed by atoms with E-state index in [1.807, 2.05) is 12.1 Å². The first kappa shape index (κ1) is 13.0. The van der Waals surface area contributed by atoms with Gasteiger partial charge in [-0.2, -0.15) is 0 Å². The molecule has 0 radical (unpaired) electrons. The zero-order valence-electron chi connectivity index (χ0n) is 10.5. The van der Waals surface area contributed by atoms with Crippen molar-refractivity contribution in [3.8, 4) is 5.75 Å². The molecule has 2 rings (SSSR count). The second kappa shape index (κ2) is 5.91. The summed E-state index contributed by atoms with van der Waals surface area (Å²) in [5, 5.41) is 3.40. The number of nitrogens with one attached hydrogen (secondary N) is 1. The minimum Gasteiger partial charge on any atom is -0.497 e. The predicted molar refractivity (Wildman–Crippen MR) is 79.2 cm³/mol. The second-order valence-electron chi connectivity index (χ2n) is 4.17. The van der Waals surface area contributed by atoms with Crippen LogP contribution >= 0.6 is 15.9 Å². The molecule has 2 aromatic rings. The molecule has 3 heteroatoms. The fourth-order valence-corrected chi connectivity index (χ4v) is 2.03. The molecule has 2 aromatic carbocycles. The van der Waals surface area contributed by atoms with Gasteiger partial charge in [0.25, 0.3) is 0 Å². The third kappa shape index (κ3) is 3.26. The average Bonchev–Trinajstić information content (AvgIpc) is 2.41. The first-order chi connectivity index (χ1) is 8.69. The Labute approximate surface area is 116 Å². The van der Waals surface area contributed by atoms with Crippen LogP contribution < -0.4 is 10.1 Å². The summed E-state index contributed by atoms with van der Waals surface area (Å²) in [6.07, 6.45) is 0. The third-order valence-electron chi connectivity index (χ3n) is 2.83. The van der Waals surface area contributed by atoms with Gasteiger partial charge in [-0.25, -0.2) is 0 Å². The van der Waals surface area contributed by atoms with Crippen molar-refractivity contribution in [1.29, 1.82) is 0 Å². The number of benzene rings is 2. The Morgan fingerprint density at radius 1 is 1.11 bits per heavy atom. The Balaban J connectivity index is 1.99. The standard InChI is InChI=1S/C15H16BrNO/c1-11-3-6-13(9-15(11)16)17-10-12-4-7-14(18-2)8-5-12/h3-9,17H,10H2,1-2H3. The summed E-state index contributed by atoms with van der Waals surface area (Å²) in [6, 6.07) is 14.4. The van der Waals surface area contributed by atoms with E-state index in [9.17, 15) is 0 Å². The molecule has 1 N–H and O–H groups in total. The molecule has 18 heavy (non-hydrogen) atoms. The van der Waals surface area contributed by atoms with Gasteiger partial charge >= 0.3 is 0 Å². The molecular weight excluding hydrogens is 290 g/mol. The van der Waals surface area contributed by atoms with Crippen LogP contribution in [-0.2, 0) is 6.54 Å². The molecule has 0 amide bonds. The maximum absolute atomic E-state index is 5.13. The van der Waals surface area contributed by atoms with Crippen LogP contribution in [0.4, 0.5) is 5.69 Å². The molecule has 0 saturated heterocycles. The number of halogens is 1. The number of anilines is 1. The molecule has 0 aliphatic heterocycles. The van der Waals surface area contributed by atoms with Gasteiger partial charge in [0.1, 0.15) is 5.75 Å². The van der Waals surface area contributed by atoms with Crippen molar-refractivity contribution in [2.75, 3.05) is 12.4 Å². The number of rotatable bonds is 4. The van der Waals surface area contributed by atoms with E-state index >= 15 is 0 Å². The van der Waals surface area contributed by atoms with Gasteiger partial charge in [-0.05, 0) is 42.3 Å². The molecule has 0 fully saturated rings. The molecule has 0 bridgehead atoms. The third-order valence-corrected chi connectivity index (χ3v) is 3.68. The Morgan fingerprint density at radius 3 is 2.44 bits per heavy atom. The van der Waals surface area contributed by atoms with Gasteiger partial charge in [0.15, 0.2) is 0 Å². The highest BCUT2D eigenvalue weighted by molar-refractivity contribution is 9.10. The average molecular weight is 306 g/mol. The van der Waals surface area contributed by atoms with Crippen molar-refractivity contribution in [3.05, 3.63) is 58.1 Å². The minimum atomic E-state index is 0.805. The smallest absolute Gasteiger partial charge is 0.118 e. The summed E-state index contributed by atoms with van der Waals surface area (Å²) >= 11 is 3.53. The van der Waals surface area contributed by atoms with Gasteiger partial charge in [0, 0.05) is 16.7 Å². The van der Waals surface area contributed by atoms with Crippen LogP contribution in [0.1, 0.15) is 11.1 Å². The fourth-order valence-electron chi connectivity index (χ4n) is 1.65. The maximum Gasteiger partial charge on any atom is 0.118 e. The Hall–Kier alpha value is -1.48. The lowest BCUT2D eigenvalue weighted by Crippen LogP contribution is -1.99. The Bertz CT molecular complexity index is 523. The Kier molecular flexibility index (Phi) is 4.26. The normalized spacial score (nSPS) is 10.2. The van der Waals surface area contributed by atoms with Crippen molar-refractivity contribution >= 4 is 21.6 Å². The van der Waals surface area contributed by atoms with Gasteiger partial charge in [-0.3, -0.25) is 0 Å². The van der Waals surface area contributed by atoms with Gasteiger partial charge in [0.05, 0.1) is 7.11 Å². The van der Waals surface area contributed by atoms with E-state index in [1.165, 1.54) is 11.1 Å². The van der Waals surface area contributed by atoms with E-state index in [2.05, 4.69) is 58.5 Å². The van der Waals surface area contributed by atoms with Crippen molar-refractivity contribution in [2.24, 2.45) is 0 Å². The van der Waals surface area contributed by atoms with Crippen molar-refractivity contribution in [2.45, 2.75) is 13.5 Å².